The Bertz CT molecular complexity index is 683. The molecule has 3 N–H and O–H groups in total. The van der Waals surface area contributed by atoms with Crippen LogP contribution in [0, 0.1) is 0 Å². The minimum atomic E-state index is 0. The Morgan fingerprint density at radius 2 is 2.08 bits per heavy atom. The van der Waals surface area contributed by atoms with Crippen molar-refractivity contribution < 1.29 is 0 Å². The minimum Gasteiger partial charge on any atom is -0.370 e. The Hall–Kier alpha value is -1.39. The number of piperazine rings is 1. The van der Waals surface area contributed by atoms with E-state index in [1.807, 2.05) is 12.3 Å². The number of nitrogens with two attached hydrogens (primary N) is 1. The van der Waals surface area contributed by atoms with Crippen molar-refractivity contribution in [2.24, 2.45) is 10.7 Å². The van der Waals surface area contributed by atoms with Crippen molar-refractivity contribution in [1.29, 1.82) is 0 Å². The predicted octanol–water partition coefficient (Wildman–Crippen LogP) is 2.16. The summed E-state index contributed by atoms with van der Waals surface area (Å²) in [6.45, 7) is 5.47. The Labute approximate surface area is 176 Å². The first-order valence-corrected chi connectivity index (χ1v) is 9.54. The largest absolute Gasteiger partial charge is 0.370 e. The van der Waals surface area contributed by atoms with Gasteiger partial charge in [0.2, 0.25) is 0 Å². The number of likely N-dealkylation sites (N-methyl/N-ethyl adjacent to an activating group) is 1. The summed E-state index contributed by atoms with van der Waals surface area (Å²) in [6.07, 6.45) is 2.82. The molecule has 0 unspecified atom stereocenters. The van der Waals surface area contributed by atoms with Crippen LogP contribution in [0.25, 0.3) is 0 Å². The first kappa shape index (κ1) is 20.9. The van der Waals surface area contributed by atoms with E-state index >= 15 is 0 Å². The van der Waals surface area contributed by atoms with Crippen LogP contribution in [0.5, 0.6) is 0 Å². The van der Waals surface area contributed by atoms with Gasteiger partial charge >= 0.3 is 0 Å². The number of nitrogens with one attached hydrogen (secondary N) is 1. The zero-order valence-corrected chi connectivity index (χ0v) is 18.2. The van der Waals surface area contributed by atoms with Crippen molar-refractivity contribution in [3.05, 3.63) is 46.3 Å². The van der Waals surface area contributed by atoms with Gasteiger partial charge in [0.15, 0.2) is 5.96 Å². The normalized spacial score (nSPS) is 15.6. The fourth-order valence-corrected chi connectivity index (χ4v) is 3.56. The van der Waals surface area contributed by atoms with Crippen LogP contribution in [-0.2, 0) is 13.0 Å². The fraction of sp³-hybridized carbons (Fsp3) is 0.444. The number of halogens is 1. The number of anilines is 1. The molecule has 0 atom stereocenters. The second kappa shape index (κ2) is 10.7. The lowest BCUT2D eigenvalue weighted by molar-refractivity contribution is 0.312. The summed E-state index contributed by atoms with van der Waals surface area (Å²) in [6, 6.07) is 8.26. The van der Waals surface area contributed by atoms with Crippen LogP contribution in [0.15, 0.2) is 40.8 Å². The Morgan fingerprint density at radius 3 is 2.81 bits per heavy atom. The maximum atomic E-state index is 6.01. The highest BCUT2D eigenvalue weighted by Crippen LogP contribution is 2.19. The molecule has 142 valence electrons. The van der Waals surface area contributed by atoms with Gasteiger partial charge in [-0.15, -0.1) is 35.3 Å². The van der Waals surface area contributed by atoms with Crippen LogP contribution in [-0.4, -0.2) is 55.6 Å². The Morgan fingerprint density at radius 1 is 1.27 bits per heavy atom. The standard InChI is InChI=1S/C18H26N6S.HI/c1-23-9-11-24(12-10-23)17-15(4-2-7-20-17)14-22-18(19)21-8-6-16-5-3-13-25-16;/h2-5,7,13H,6,8-12,14H2,1H3,(H3,19,21,22);1H. The van der Waals surface area contributed by atoms with Crippen molar-refractivity contribution in [1.82, 2.24) is 15.2 Å². The van der Waals surface area contributed by atoms with E-state index < -0.39 is 0 Å². The summed E-state index contributed by atoms with van der Waals surface area (Å²) in [4.78, 5) is 15.1. The molecule has 1 aliphatic heterocycles. The smallest absolute Gasteiger partial charge is 0.188 e. The van der Waals surface area contributed by atoms with Crippen molar-refractivity contribution in [2.45, 2.75) is 13.0 Å². The molecule has 6 nitrogen and oxygen atoms in total. The summed E-state index contributed by atoms with van der Waals surface area (Å²) < 4.78 is 0. The lowest BCUT2D eigenvalue weighted by atomic mass is 10.2. The number of rotatable bonds is 6. The van der Waals surface area contributed by atoms with Crippen molar-refractivity contribution in [2.75, 3.05) is 44.7 Å². The fourth-order valence-electron chi connectivity index (χ4n) is 2.85. The van der Waals surface area contributed by atoms with Gasteiger partial charge in [-0.2, -0.15) is 0 Å². The third-order valence-corrected chi connectivity index (χ3v) is 5.28. The molecule has 0 amide bonds. The van der Waals surface area contributed by atoms with Crippen LogP contribution < -0.4 is 16.0 Å². The number of aromatic nitrogens is 1. The molecule has 0 radical (unpaired) electrons. The van der Waals surface area contributed by atoms with Crippen LogP contribution in [0.4, 0.5) is 5.82 Å². The maximum Gasteiger partial charge on any atom is 0.188 e. The van der Waals surface area contributed by atoms with Gasteiger partial charge in [0.25, 0.3) is 0 Å². The minimum absolute atomic E-state index is 0. The van der Waals surface area contributed by atoms with Crippen molar-refractivity contribution in [3.63, 3.8) is 0 Å². The molecule has 3 heterocycles. The highest BCUT2D eigenvalue weighted by Gasteiger charge is 2.17. The monoisotopic (exact) mass is 486 g/mol. The second-order valence-corrected chi connectivity index (χ2v) is 7.27. The molecule has 1 saturated heterocycles. The molecule has 2 aromatic heterocycles. The third kappa shape index (κ3) is 6.10. The van der Waals surface area contributed by atoms with Gasteiger partial charge in [0.1, 0.15) is 5.82 Å². The maximum absolute atomic E-state index is 6.01. The van der Waals surface area contributed by atoms with Crippen LogP contribution in [0.3, 0.4) is 0 Å². The SMILES string of the molecule is CN1CCN(c2ncccc2CN=C(N)NCCc2cccs2)CC1.I. The summed E-state index contributed by atoms with van der Waals surface area (Å²) in [5.41, 5.74) is 7.13. The number of nitrogens with zero attached hydrogens (tertiary/aromatic N) is 4. The molecule has 1 fully saturated rings. The van der Waals surface area contributed by atoms with E-state index in [0.29, 0.717) is 12.5 Å². The topological polar surface area (TPSA) is 69.8 Å². The first-order chi connectivity index (χ1) is 12.2. The number of guanidine groups is 1. The third-order valence-electron chi connectivity index (χ3n) is 4.35. The van der Waals surface area contributed by atoms with Crippen LogP contribution >= 0.6 is 35.3 Å². The van der Waals surface area contributed by atoms with Crippen LogP contribution in [0.2, 0.25) is 0 Å². The van der Waals surface area contributed by atoms with E-state index in [9.17, 15) is 0 Å². The van der Waals surface area contributed by atoms with Gasteiger partial charge in [-0.25, -0.2) is 9.98 Å². The van der Waals surface area contributed by atoms with Crippen LogP contribution in [0.1, 0.15) is 10.4 Å². The summed E-state index contributed by atoms with van der Waals surface area (Å²) >= 11 is 1.76. The van der Waals surface area contributed by atoms with E-state index in [2.05, 4.69) is 55.7 Å². The molecule has 2 aromatic rings. The molecule has 0 bridgehead atoms. The van der Waals surface area contributed by atoms with Crippen molar-refractivity contribution >= 4 is 47.1 Å². The molecule has 0 aliphatic carbocycles. The molecule has 3 rings (SSSR count). The van der Waals surface area contributed by atoms with E-state index in [0.717, 1.165) is 50.5 Å². The predicted molar refractivity (Wildman–Crippen MR) is 121 cm³/mol. The second-order valence-electron chi connectivity index (χ2n) is 6.23. The van der Waals surface area contributed by atoms with Gasteiger partial charge in [0.05, 0.1) is 6.54 Å². The number of hydrogen-bond acceptors (Lipinski definition) is 5. The lowest BCUT2D eigenvalue weighted by Crippen LogP contribution is -2.45. The lowest BCUT2D eigenvalue weighted by Gasteiger charge is -2.34. The highest BCUT2D eigenvalue weighted by molar-refractivity contribution is 14.0. The van der Waals surface area contributed by atoms with Gasteiger partial charge in [0, 0.05) is 49.4 Å². The molecule has 0 spiro atoms. The Kier molecular flexibility index (Phi) is 8.60. The molecule has 1 aliphatic rings. The molecule has 0 saturated carbocycles. The summed E-state index contributed by atoms with van der Waals surface area (Å²) in [7, 11) is 2.16. The van der Waals surface area contributed by atoms with Gasteiger partial charge in [-0.05, 0) is 31.0 Å². The Balaban J connectivity index is 0.00000243. The summed E-state index contributed by atoms with van der Waals surface area (Å²) in [5, 5.41) is 5.28. The van der Waals surface area contributed by atoms with E-state index in [-0.39, 0.29) is 24.0 Å². The zero-order valence-electron chi connectivity index (χ0n) is 15.1. The number of pyridine rings is 1. The number of thiophene rings is 1. The van der Waals surface area contributed by atoms with Gasteiger partial charge in [-0.1, -0.05) is 12.1 Å². The van der Waals surface area contributed by atoms with Gasteiger partial charge < -0.3 is 20.9 Å². The zero-order chi connectivity index (χ0) is 17.5. The molecule has 8 heteroatoms. The average molecular weight is 486 g/mol. The molecular formula is C18H27IN6S. The number of aliphatic imine (C=N–C) groups is 1. The average Bonchev–Trinajstić information content (AvgIpc) is 3.14. The van der Waals surface area contributed by atoms with E-state index in [4.69, 9.17) is 5.73 Å². The summed E-state index contributed by atoms with van der Waals surface area (Å²) in [5.74, 6) is 1.52. The quantitative estimate of drug-likeness (QED) is 0.372. The first-order valence-electron chi connectivity index (χ1n) is 8.66. The molecular weight excluding hydrogens is 459 g/mol. The number of hydrogen-bond donors (Lipinski definition) is 2. The molecule has 0 aromatic carbocycles. The van der Waals surface area contributed by atoms with E-state index in [1.54, 1.807) is 11.3 Å². The highest BCUT2D eigenvalue weighted by atomic mass is 127. The van der Waals surface area contributed by atoms with Gasteiger partial charge in [-0.3, -0.25) is 0 Å². The molecule has 26 heavy (non-hydrogen) atoms. The van der Waals surface area contributed by atoms with E-state index in [1.165, 1.54) is 4.88 Å². The van der Waals surface area contributed by atoms with Crippen molar-refractivity contribution in [3.8, 4) is 0 Å².